The number of unbranched alkanes of at least 4 members (excludes halogenated alkanes) is 23. The van der Waals surface area contributed by atoms with Crippen LogP contribution in [0.2, 0.25) is 0 Å². The maximum absolute atomic E-state index is 12.9. The molecule has 1 fully saturated rings. The Morgan fingerprint density at radius 2 is 1.08 bits per heavy atom. The lowest BCUT2D eigenvalue weighted by Gasteiger charge is -2.41. The molecule has 0 saturated carbocycles. The van der Waals surface area contributed by atoms with Gasteiger partial charge in [-0.15, -0.1) is 0 Å². The van der Waals surface area contributed by atoms with Gasteiger partial charge in [0.25, 0.3) is 0 Å². The Labute approximate surface area is 371 Å². The van der Waals surface area contributed by atoms with Gasteiger partial charge >= 0.3 is 16.4 Å². The molecule has 0 aromatic carbocycles. The van der Waals surface area contributed by atoms with E-state index >= 15 is 0 Å². The van der Waals surface area contributed by atoms with Crippen LogP contribution in [0.3, 0.4) is 0 Å². The van der Waals surface area contributed by atoms with Gasteiger partial charge in [-0.3, -0.25) is 9.35 Å². The maximum atomic E-state index is 12.9. The summed E-state index contributed by atoms with van der Waals surface area (Å²) >= 11 is 0. The van der Waals surface area contributed by atoms with Gasteiger partial charge in [-0.1, -0.05) is 179 Å². The van der Waals surface area contributed by atoms with E-state index in [-0.39, 0.29) is 19.6 Å². The molecule has 12 nitrogen and oxygen atoms in total. The molecule has 6 unspecified atom stereocenters. The van der Waals surface area contributed by atoms with E-state index in [4.69, 9.17) is 23.5 Å². The van der Waals surface area contributed by atoms with Crippen LogP contribution in [0.5, 0.6) is 0 Å². The molecule has 0 spiro atoms. The number of carbonyl (C=O) groups is 1. The minimum absolute atomic E-state index is 0.0351. The lowest BCUT2D eigenvalue weighted by atomic mass is 9.99. The topological polar surface area (TPSA) is 178 Å². The standard InChI is InChI=1S/C48H88O12S/c1-3-5-7-9-11-13-15-16-17-18-19-20-21-22-23-24-25-26-27-29-31-33-35-37-44(50)58-42(40-56-38-36-34-32-30-28-14-12-10-8-6-4-2)41-57-48-46(52)47(60-61(53,54)55)45(51)43(39-49)59-48/h15-16,18-19,21-22,42-43,45-49,51-52H,3-14,17,20,23-41H2,1-2H3,(H,53,54,55)/b16-15-,19-18-,22-21-. The molecule has 0 radical (unpaired) electrons. The third-order valence-corrected chi connectivity index (χ3v) is 11.5. The van der Waals surface area contributed by atoms with Crippen LogP contribution in [0, 0.1) is 0 Å². The number of aliphatic hydroxyl groups excluding tert-OH is 3. The van der Waals surface area contributed by atoms with Crippen molar-refractivity contribution in [3.8, 4) is 0 Å². The zero-order valence-corrected chi connectivity index (χ0v) is 39.0. The predicted octanol–water partition coefficient (Wildman–Crippen LogP) is 10.6. The summed E-state index contributed by atoms with van der Waals surface area (Å²) in [5.41, 5.74) is 0. The summed E-state index contributed by atoms with van der Waals surface area (Å²) in [7, 11) is -5.06. The zero-order chi connectivity index (χ0) is 44.7. The summed E-state index contributed by atoms with van der Waals surface area (Å²) in [6.07, 6.45) is 37.5. The molecule has 0 aromatic rings. The molecule has 0 amide bonds. The van der Waals surface area contributed by atoms with Gasteiger partial charge in [0.15, 0.2) is 6.29 Å². The van der Waals surface area contributed by atoms with E-state index in [1.807, 2.05) is 0 Å². The van der Waals surface area contributed by atoms with Gasteiger partial charge in [0.2, 0.25) is 0 Å². The van der Waals surface area contributed by atoms with Crippen molar-refractivity contribution < 1.29 is 56.2 Å². The Balaban J connectivity index is 2.35. The van der Waals surface area contributed by atoms with Gasteiger partial charge in [-0.2, -0.15) is 8.42 Å². The number of hydrogen-bond acceptors (Lipinski definition) is 11. The minimum atomic E-state index is -5.06. The Kier molecular flexibility index (Phi) is 37.5. The smallest absolute Gasteiger partial charge is 0.397 e. The number of aliphatic hydroxyl groups is 3. The van der Waals surface area contributed by atoms with Gasteiger partial charge in [0.1, 0.15) is 30.5 Å². The molecule has 1 aliphatic rings. The van der Waals surface area contributed by atoms with Gasteiger partial charge in [-0.05, 0) is 51.4 Å². The van der Waals surface area contributed by atoms with Crippen molar-refractivity contribution in [3.63, 3.8) is 0 Å². The molecule has 6 atom stereocenters. The minimum Gasteiger partial charge on any atom is -0.457 e. The molecule has 61 heavy (non-hydrogen) atoms. The first kappa shape index (κ1) is 57.3. The first-order valence-electron chi connectivity index (χ1n) is 24.2. The highest BCUT2D eigenvalue weighted by molar-refractivity contribution is 7.80. The lowest BCUT2D eigenvalue weighted by Crippen LogP contribution is -2.60. The van der Waals surface area contributed by atoms with Crippen molar-refractivity contribution >= 4 is 16.4 Å². The van der Waals surface area contributed by atoms with Crippen LogP contribution in [0.25, 0.3) is 0 Å². The van der Waals surface area contributed by atoms with Crippen LogP contribution >= 0.6 is 0 Å². The van der Waals surface area contributed by atoms with E-state index in [1.165, 1.54) is 116 Å². The van der Waals surface area contributed by atoms with Crippen molar-refractivity contribution in [2.45, 2.75) is 237 Å². The molecule has 358 valence electrons. The molecular formula is C48H88O12S. The summed E-state index contributed by atoms with van der Waals surface area (Å²) in [4.78, 5) is 12.9. The van der Waals surface area contributed by atoms with Crippen LogP contribution in [0.15, 0.2) is 36.5 Å². The number of esters is 1. The van der Waals surface area contributed by atoms with Crippen molar-refractivity contribution in [1.82, 2.24) is 0 Å². The highest BCUT2D eigenvalue weighted by Crippen LogP contribution is 2.26. The summed E-state index contributed by atoms with van der Waals surface area (Å²) in [5.74, 6) is -0.405. The molecule has 0 aliphatic carbocycles. The van der Waals surface area contributed by atoms with Crippen LogP contribution in [0.4, 0.5) is 0 Å². The summed E-state index contributed by atoms with van der Waals surface area (Å²) in [6, 6.07) is 0. The number of ether oxygens (including phenoxy) is 4. The fraction of sp³-hybridized carbons (Fsp3) is 0.854. The van der Waals surface area contributed by atoms with Crippen molar-refractivity contribution in [2.24, 2.45) is 0 Å². The third-order valence-electron chi connectivity index (χ3n) is 11.0. The van der Waals surface area contributed by atoms with Crippen molar-refractivity contribution in [2.75, 3.05) is 26.4 Å². The highest BCUT2D eigenvalue weighted by Gasteiger charge is 2.48. The summed E-state index contributed by atoms with van der Waals surface area (Å²) in [6.45, 7) is 3.97. The van der Waals surface area contributed by atoms with E-state index in [0.717, 1.165) is 57.8 Å². The number of hydrogen-bond donors (Lipinski definition) is 4. The second-order valence-electron chi connectivity index (χ2n) is 16.7. The van der Waals surface area contributed by atoms with E-state index < -0.39 is 59.8 Å². The van der Waals surface area contributed by atoms with Gasteiger partial charge in [0, 0.05) is 13.0 Å². The molecule has 1 saturated heterocycles. The Hall–Kier alpha value is -1.68. The van der Waals surface area contributed by atoms with Gasteiger partial charge in [0.05, 0.1) is 19.8 Å². The fourth-order valence-corrected chi connectivity index (χ4v) is 7.84. The number of allylic oxidation sites excluding steroid dienone is 6. The van der Waals surface area contributed by atoms with E-state index in [0.29, 0.717) is 13.0 Å². The third kappa shape index (κ3) is 33.5. The summed E-state index contributed by atoms with van der Waals surface area (Å²) in [5, 5.41) is 30.7. The lowest BCUT2D eigenvalue weighted by molar-refractivity contribution is -0.301. The highest BCUT2D eigenvalue weighted by atomic mass is 32.3. The maximum Gasteiger partial charge on any atom is 0.397 e. The van der Waals surface area contributed by atoms with Crippen LogP contribution in [-0.4, -0.2) is 97.5 Å². The Morgan fingerprint density at radius 1 is 0.623 bits per heavy atom. The first-order valence-corrected chi connectivity index (χ1v) is 25.6. The number of carbonyl (C=O) groups excluding carboxylic acids is 1. The second kappa shape index (κ2) is 39.9. The number of rotatable bonds is 42. The van der Waals surface area contributed by atoms with Crippen molar-refractivity contribution in [3.05, 3.63) is 36.5 Å². The van der Waals surface area contributed by atoms with Gasteiger partial charge in [-0.25, -0.2) is 4.18 Å². The molecule has 13 heteroatoms. The quantitative estimate of drug-likeness (QED) is 0.0198. The molecular weight excluding hydrogens is 801 g/mol. The van der Waals surface area contributed by atoms with Crippen LogP contribution < -0.4 is 0 Å². The second-order valence-corrected chi connectivity index (χ2v) is 17.8. The zero-order valence-electron chi connectivity index (χ0n) is 38.2. The van der Waals surface area contributed by atoms with Crippen LogP contribution in [0.1, 0.15) is 200 Å². The molecule has 0 bridgehead atoms. The van der Waals surface area contributed by atoms with Crippen molar-refractivity contribution in [1.29, 1.82) is 0 Å². The predicted molar refractivity (Wildman–Crippen MR) is 243 cm³/mol. The Bertz CT molecular complexity index is 1210. The Morgan fingerprint density at radius 3 is 1.57 bits per heavy atom. The molecule has 0 aromatic heterocycles. The van der Waals surface area contributed by atoms with E-state index in [9.17, 15) is 28.5 Å². The van der Waals surface area contributed by atoms with E-state index in [1.54, 1.807) is 0 Å². The SMILES string of the molecule is CCCCCCC/C=C\C/C=C\C/C=C\CCCCCCCCCCC(=O)OC(COCCCCCCCCCCCCC)COC1OC(CO)C(O)C(OS(=O)(=O)O)C1O. The monoisotopic (exact) mass is 889 g/mol. The summed E-state index contributed by atoms with van der Waals surface area (Å²) < 4.78 is 59.1. The average molecular weight is 889 g/mol. The van der Waals surface area contributed by atoms with Crippen LogP contribution in [-0.2, 0) is 38.3 Å². The molecule has 1 rings (SSSR count). The van der Waals surface area contributed by atoms with E-state index in [2.05, 4.69) is 54.5 Å². The fourth-order valence-electron chi connectivity index (χ4n) is 7.33. The molecule has 1 aliphatic heterocycles. The normalized spacial score (nSPS) is 20.4. The largest absolute Gasteiger partial charge is 0.457 e. The molecule has 1 heterocycles. The van der Waals surface area contributed by atoms with Gasteiger partial charge < -0.3 is 34.3 Å². The average Bonchev–Trinajstić information content (AvgIpc) is 3.23. The molecule has 4 N–H and O–H groups in total. The first-order chi connectivity index (χ1) is 29.6.